The molecule has 10 heteroatoms. The minimum Gasteiger partial charge on any atom is -0.462 e. The van der Waals surface area contributed by atoms with Gasteiger partial charge in [0.15, 0.2) is 0 Å². The lowest BCUT2D eigenvalue weighted by atomic mass is 9.71. The number of ether oxygens (including phenoxy) is 5. The Labute approximate surface area is 285 Å². The first-order chi connectivity index (χ1) is 22.7. The van der Waals surface area contributed by atoms with E-state index in [1.54, 1.807) is 19.1 Å². The number of carbonyl (C=O) groups excluding carboxylic acids is 2. The number of esters is 2. The molecular weight excluding hydrogens is 616 g/mol. The average Bonchev–Trinajstić information content (AvgIpc) is 3.37. The predicted molar refractivity (Wildman–Crippen MR) is 178 cm³/mol. The van der Waals surface area contributed by atoms with Crippen LogP contribution in [0.1, 0.15) is 93.4 Å². The van der Waals surface area contributed by atoms with Crippen molar-refractivity contribution in [3.63, 3.8) is 0 Å². The molecule has 4 aliphatic heterocycles. The second-order valence-corrected chi connectivity index (χ2v) is 15.1. The van der Waals surface area contributed by atoms with E-state index in [2.05, 4.69) is 26.8 Å². The highest BCUT2D eigenvalue weighted by molar-refractivity contribution is 5.78. The Kier molecular flexibility index (Phi) is 11.4. The lowest BCUT2D eigenvalue weighted by Gasteiger charge is -2.53. The van der Waals surface area contributed by atoms with Crippen molar-refractivity contribution in [1.29, 1.82) is 0 Å². The Hall–Kier alpha value is -2.34. The van der Waals surface area contributed by atoms with Gasteiger partial charge in [0.25, 0.3) is 0 Å². The maximum absolute atomic E-state index is 14.1. The number of allylic oxidation sites excluding steroid dienone is 4. The monoisotopic (exact) mass is 672 g/mol. The van der Waals surface area contributed by atoms with Gasteiger partial charge in [-0.15, -0.1) is 0 Å². The molecule has 0 amide bonds. The van der Waals surface area contributed by atoms with Gasteiger partial charge >= 0.3 is 11.9 Å². The number of unbranched alkanes of at least 4 members (excludes halogenated alkanes) is 1. The summed E-state index contributed by atoms with van der Waals surface area (Å²) in [5.41, 5.74) is 0.354. The van der Waals surface area contributed by atoms with Crippen LogP contribution in [0.4, 0.5) is 0 Å². The molecule has 0 saturated carbocycles. The fourth-order valence-electron chi connectivity index (χ4n) is 7.98. The average molecular weight is 673 g/mol. The van der Waals surface area contributed by atoms with E-state index < -0.39 is 66.0 Å². The van der Waals surface area contributed by atoms with Crippen LogP contribution in [0.5, 0.6) is 0 Å². The fraction of sp³-hybridized carbons (Fsp3) is 0.737. The second kappa shape index (κ2) is 14.9. The molecule has 48 heavy (non-hydrogen) atoms. The van der Waals surface area contributed by atoms with Gasteiger partial charge in [0.1, 0.15) is 42.0 Å². The molecular formula is C38H56O10. The molecule has 5 rings (SSSR count). The molecule has 5 aliphatic rings. The van der Waals surface area contributed by atoms with E-state index in [-0.39, 0.29) is 36.8 Å². The van der Waals surface area contributed by atoms with E-state index in [4.69, 9.17) is 23.7 Å². The first-order valence-corrected chi connectivity index (χ1v) is 17.9. The number of carbonyl (C=O) groups is 2. The van der Waals surface area contributed by atoms with Crippen molar-refractivity contribution in [2.45, 2.75) is 148 Å². The van der Waals surface area contributed by atoms with Crippen molar-refractivity contribution in [3.8, 4) is 0 Å². The van der Waals surface area contributed by atoms with Crippen molar-refractivity contribution >= 4 is 11.9 Å². The van der Waals surface area contributed by atoms with Gasteiger partial charge in [-0.1, -0.05) is 76.5 Å². The molecule has 0 aromatic carbocycles. The largest absolute Gasteiger partial charge is 0.462 e. The molecule has 3 N–H and O–H groups in total. The minimum absolute atomic E-state index is 0.00840. The van der Waals surface area contributed by atoms with E-state index >= 15 is 0 Å². The van der Waals surface area contributed by atoms with Gasteiger partial charge in [-0.2, -0.15) is 0 Å². The van der Waals surface area contributed by atoms with Crippen LogP contribution in [0.25, 0.3) is 0 Å². The summed E-state index contributed by atoms with van der Waals surface area (Å²) < 4.78 is 31.3. The summed E-state index contributed by atoms with van der Waals surface area (Å²) in [6.07, 6.45) is 7.58. The van der Waals surface area contributed by atoms with Gasteiger partial charge in [0.2, 0.25) is 5.79 Å². The lowest BCUT2D eigenvalue weighted by molar-refractivity contribution is -0.383. The van der Waals surface area contributed by atoms with Crippen molar-refractivity contribution in [1.82, 2.24) is 0 Å². The zero-order valence-electron chi connectivity index (χ0n) is 29.6. The maximum Gasteiger partial charge on any atom is 0.316 e. The molecule has 1 unspecified atom stereocenters. The van der Waals surface area contributed by atoms with E-state index in [0.29, 0.717) is 30.4 Å². The summed E-state index contributed by atoms with van der Waals surface area (Å²) in [5, 5.41) is 35.1. The first-order valence-electron chi connectivity index (χ1n) is 17.9. The van der Waals surface area contributed by atoms with Gasteiger partial charge in [-0.3, -0.25) is 9.59 Å². The Morgan fingerprint density at radius 2 is 1.90 bits per heavy atom. The van der Waals surface area contributed by atoms with Crippen LogP contribution in [-0.2, 0) is 33.3 Å². The zero-order valence-corrected chi connectivity index (χ0v) is 29.6. The molecule has 1 aliphatic carbocycles. The molecule has 2 bridgehead atoms. The molecule has 1 spiro atoms. The van der Waals surface area contributed by atoms with E-state index in [1.807, 2.05) is 32.9 Å². The normalized spacial score (nSPS) is 45.5. The molecule has 10 nitrogen and oxygen atoms in total. The molecule has 13 atom stereocenters. The molecule has 3 fully saturated rings. The Morgan fingerprint density at radius 3 is 2.62 bits per heavy atom. The van der Waals surface area contributed by atoms with Crippen LogP contribution in [0.2, 0.25) is 0 Å². The molecule has 0 radical (unpaired) electrons. The highest BCUT2D eigenvalue weighted by Gasteiger charge is 2.61. The highest BCUT2D eigenvalue weighted by atomic mass is 16.7. The van der Waals surface area contributed by atoms with Gasteiger partial charge in [-0.25, -0.2) is 0 Å². The van der Waals surface area contributed by atoms with Crippen molar-refractivity contribution in [2.24, 2.45) is 23.7 Å². The topological polar surface area (TPSA) is 141 Å². The number of rotatable bonds is 5. The zero-order chi connectivity index (χ0) is 35.0. The molecule has 0 aromatic rings. The summed E-state index contributed by atoms with van der Waals surface area (Å²) in [7, 11) is 0. The van der Waals surface area contributed by atoms with Crippen molar-refractivity contribution in [2.75, 3.05) is 6.61 Å². The SMILES string of the molecule is CCCCC(C)C(=O)O[C@H]1[C@H](C)[C@@H](C)O[C@@]2(C[C@@H]3C[C@@H](C/C=C(\C)C[C@@H](C)/C=C/C=C4\CO[C@@H]5[C@H](O)C(C)=C[C@@H](C(=O)O3)[C@]45O)O2)[C@@H]1O. The number of hydrogen-bond donors (Lipinski definition) is 3. The van der Waals surface area contributed by atoms with Crippen LogP contribution in [0, 0.1) is 23.7 Å². The summed E-state index contributed by atoms with van der Waals surface area (Å²) in [4.78, 5) is 27.3. The van der Waals surface area contributed by atoms with Crippen molar-refractivity contribution < 1.29 is 48.6 Å². The first kappa shape index (κ1) is 36.9. The van der Waals surface area contributed by atoms with Gasteiger partial charge in [0, 0.05) is 18.8 Å². The fourth-order valence-corrected chi connectivity index (χ4v) is 7.98. The minimum atomic E-state index is -1.81. The summed E-state index contributed by atoms with van der Waals surface area (Å²) >= 11 is 0. The third-order valence-corrected chi connectivity index (χ3v) is 11.1. The molecule has 4 heterocycles. The standard InChI is InChI=1S/C38H56O10/c1-8-9-12-23(4)35(41)46-32-25(6)26(7)47-37(33(32)40)19-29-18-28(48-37)15-14-22(3)16-21(2)11-10-13-27-20-44-34-31(39)24(5)17-30(36(42)45-29)38(27,34)43/h10-11,13-14,17,21,23,25-26,28-34,39-40,43H,8-9,12,15-16,18-20H2,1-7H3/b11-10+,22-14+,27-13+/t21-,23?,25+,26+,28+,29-,30-,31+,32-,33+,34+,37+,38+/m0/s1. The van der Waals surface area contributed by atoms with Crippen LogP contribution in [-0.4, -0.2) is 88.0 Å². The third kappa shape index (κ3) is 7.25. The lowest BCUT2D eigenvalue weighted by Crippen LogP contribution is -2.67. The van der Waals surface area contributed by atoms with Crippen molar-refractivity contribution in [3.05, 3.63) is 47.1 Å². The molecule has 268 valence electrons. The smallest absolute Gasteiger partial charge is 0.316 e. The quantitative estimate of drug-likeness (QED) is 0.274. The Balaban J connectivity index is 1.49. The van der Waals surface area contributed by atoms with Crippen LogP contribution in [0.15, 0.2) is 47.1 Å². The van der Waals surface area contributed by atoms with Gasteiger partial charge in [0.05, 0.1) is 24.7 Å². The summed E-state index contributed by atoms with van der Waals surface area (Å²) in [6.45, 7) is 13.6. The second-order valence-electron chi connectivity index (χ2n) is 15.1. The van der Waals surface area contributed by atoms with Crippen LogP contribution < -0.4 is 0 Å². The number of aliphatic hydroxyl groups is 3. The highest BCUT2D eigenvalue weighted by Crippen LogP contribution is 2.47. The van der Waals surface area contributed by atoms with Gasteiger partial charge in [-0.05, 0) is 57.1 Å². The Morgan fingerprint density at radius 1 is 1.15 bits per heavy atom. The predicted octanol–water partition coefficient (Wildman–Crippen LogP) is 4.85. The summed E-state index contributed by atoms with van der Waals surface area (Å²) in [5.74, 6) is -4.21. The number of aliphatic hydroxyl groups excluding tert-OH is 2. The van der Waals surface area contributed by atoms with Crippen LogP contribution >= 0.6 is 0 Å². The third-order valence-electron chi connectivity index (χ3n) is 11.1. The molecule has 0 aromatic heterocycles. The number of fused-ring (bicyclic) bond motifs is 2. The van der Waals surface area contributed by atoms with Gasteiger partial charge < -0.3 is 39.0 Å². The maximum atomic E-state index is 14.1. The number of hydrogen-bond acceptors (Lipinski definition) is 10. The Bertz CT molecular complexity index is 1320. The molecule has 3 saturated heterocycles. The van der Waals surface area contributed by atoms with E-state index in [0.717, 1.165) is 24.8 Å². The van der Waals surface area contributed by atoms with Crippen LogP contribution in [0.3, 0.4) is 0 Å². The van der Waals surface area contributed by atoms with E-state index in [1.165, 1.54) is 0 Å². The van der Waals surface area contributed by atoms with E-state index in [9.17, 15) is 24.9 Å². The summed E-state index contributed by atoms with van der Waals surface area (Å²) in [6, 6.07) is 0.